The molecule has 0 spiro atoms. The summed E-state index contributed by atoms with van der Waals surface area (Å²) in [6, 6.07) is 8.00. The molecule has 1 saturated heterocycles. The fourth-order valence-corrected chi connectivity index (χ4v) is 2.96. The minimum absolute atomic E-state index is 0.236. The van der Waals surface area contributed by atoms with Crippen LogP contribution >= 0.6 is 0 Å². The van der Waals surface area contributed by atoms with E-state index in [0.717, 1.165) is 48.8 Å². The van der Waals surface area contributed by atoms with Gasteiger partial charge in [-0.1, -0.05) is 0 Å². The second kappa shape index (κ2) is 9.23. The van der Waals surface area contributed by atoms with Gasteiger partial charge in [0, 0.05) is 31.4 Å². The second-order valence-electron chi connectivity index (χ2n) is 6.65. The summed E-state index contributed by atoms with van der Waals surface area (Å²) < 4.78 is 48.7. The van der Waals surface area contributed by atoms with Gasteiger partial charge in [0.1, 0.15) is 11.6 Å². The number of anilines is 1. The van der Waals surface area contributed by atoms with Gasteiger partial charge in [-0.3, -0.25) is 10.3 Å². The smallest absolute Gasteiger partial charge is 0.417 e. The molecule has 0 atom stereocenters. The molecule has 9 heteroatoms. The molecule has 0 amide bonds. The van der Waals surface area contributed by atoms with Crippen LogP contribution in [0.2, 0.25) is 0 Å². The number of pyridine rings is 1. The molecule has 1 N–H and O–H groups in total. The highest BCUT2D eigenvalue weighted by Gasteiger charge is 2.30. The third-order valence-electron chi connectivity index (χ3n) is 4.62. The number of hydrogen-bond acceptors (Lipinski definition) is 6. The highest BCUT2D eigenvalue weighted by molar-refractivity contribution is 5.99. The Hall–Kier alpha value is -2.65. The number of morpholine rings is 1. The summed E-state index contributed by atoms with van der Waals surface area (Å²) in [6.07, 6.45) is -3.63. The standard InChI is InChI=1S/C20H23F3N4O2/c1-14(25-26-19-6-4-17(12-24-19)20(21,22)23)15-3-5-18(28-2)16(11-15)13-27-7-9-29-10-8-27/h3-6,11-12H,7-10,13H2,1-2H3,(H,24,26)/b25-14-. The van der Waals surface area contributed by atoms with Gasteiger partial charge in [0.15, 0.2) is 0 Å². The van der Waals surface area contributed by atoms with Crippen molar-refractivity contribution in [2.45, 2.75) is 19.6 Å². The van der Waals surface area contributed by atoms with Crippen molar-refractivity contribution in [3.63, 3.8) is 0 Å². The molecule has 1 aromatic carbocycles. The van der Waals surface area contributed by atoms with Crippen LogP contribution in [0.1, 0.15) is 23.6 Å². The van der Waals surface area contributed by atoms with E-state index in [9.17, 15) is 13.2 Å². The van der Waals surface area contributed by atoms with Gasteiger partial charge >= 0.3 is 6.18 Å². The molecule has 0 aliphatic carbocycles. The third-order valence-corrected chi connectivity index (χ3v) is 4.62. The van der Waals surface area contributed by atoms with E-state index >= 15 is 0 Å². The van der Waals surface area contributed by atoms with Gasteiger partial charge in [0.25, 0.3) is 0 Å². The lowest BCUT2D eigenvalue weighted by molar-refractivity contribution is -0.137. The molecule has 0 radical (unpaired) electrons. The quantitative estimate of drug-likeness (QED) is 0.582. The van der Waals surface area contributed by atoms with E-state index in [4.69, 9.17) is 9.47 Å². The first-order valence-corrected chi connectivity index (χ1v) is 9.18. The minimum atomic E-state index is -4.41. The number of alkyl halides is 3. The molecular weight excluding hydrogens is 385 g/mol. The molecule has 1 aromatic heterocycles. The topological polar surface area (TPSA) is 59.0 Å². The van der Waals surface area contributed by atoms with Crippen LogP contribution in [0.15, 0.2) is 41.6 Å². The summed E-state index contributed by atoms with van der Waals surface area (Å²) in [5, 5.41) is 4.25. The highest BCUT2D eigenvalue weighted by atomic mass is 19.4. The number of rotatable bonds is 6. The maximum absolute atomic E-state index is 12.6. The van der Waals surface area contributed by atoms with E-state index in [-0.39, 0.29) is 5.82 Å². The van der Waals surface area contributed by atoms with Gasteiger partial charge in [0.05, 0.1) is 31.6 Å². The molecule has 1 aliphatic rings. The van der Waals surface area contributed by atoms with E-state index in [0.29, 0.717) is 18.9 Å². The van der Waals surface area contributed by atoms with Gasteiger partial charge in [0.2, 0.25) is 0 Å². The summed E-state index contributed by atoms with van der Waals surface area (Å²) >= 11 is 0. The van der Waals surface area contributed by atoms with Gasteiger partial charge < -0.3 is 9.47 Å². The van der Waals surface area contributed by atoms with Gasteiger partial charge in [-0.2, -0.15) is 18.3 Å². The number of aromatic nitrogens is 1. The lowest BCUT2D eigenvalue weighted by Gasteiger charge is -2.27. The molecule has 29 heavy (non-hydrogen) atoms. The average Bonchev–Trinajstić information content (AvgIpc) is 2.72. The van der Waals surface area contributed by atoms with Crippen molar-refractivity contribution >= 4 is 11.5 Å². The Labute approximate surface area is 167 Å². The molecule has 0 unspecified atom stereocenters. The molecule has 156 valence electrons. The molecule has 3 rings (SSSR count). The first-order chi connectivity index (χ1) is 13.9. The number of benzene rings is 1. The molecule has 0 saturated carbocycles. The Morgan fingerprint density at radius 2 is 2.00 bits per heavy atom. The number of halogens is 3. The second-order valence-corrected chi connectivity index (χ2v) is 6.65. The lowest BCUT2D eigenvalue weighted by atomic mass is 10.1. The maximum Gasteiger partial charge on any atom is 0.417 e. The summed E-state index contributed by atoms with van der Waals surface area (Å²) in [5.41, 5.74) is 4.50. The lowest BCUT2D eigenvalue weighted by Crippen LogP contribution is -2.35. The van der Waals surface area contributed by atoms with E-state index in [2.05, 4.69) is 20.4 Å². The molecule has 0 bridgehead atoms. The van der Waals surface area contributed by atoms with Crippen molar-refractivity contribution in [1.82, 2.24) is 9.88 Å². The van der Waals surface area contributed by atoms with Crippen molar-refractivity contribution in [3.8, 4) is 5.75 Å². The molecule has 2 heterocycles. The van der Waals surface area contributed by atoms with Crippen LogP contribution in [-0.4, -0.2) is 49.0 Å². The zero-order chi connectivity index (χ0) is 20.9. The van der Waals surface area contributed by atoms with E-state index < -0.39 is 11.7 Å². The Bertz CT molecular complexity index is 848. The van der Waals surface area contributed by atoms with Crippen LogP contribution in [0.3, 0.4) is 0 Å². The van der Waals surface area contributed by atoms with Crippen LogP contribution in [0.5, 0.6) is 5.75 Å². The SMILES string of the molecule is COc1ccc(/C(C)=N\Nc2ccc(C(F)(F)F)cn2)cc1CN1CCOCC1. The minimum Gasteiger partial charge on any atom is -0.496 e. The third kappa shape index (κ3) is 5.68. The van der Waals surface area contributed by atoms with Crippen molar-refractivity contribution in [3.05, 3.63) is 53.2 Å². The number of hydrazone groups is 1. The van der Waals surface area contributed by atoms with Gasteiger partial charge in [-0.15, -0.1) is 0 Å². The van der Waals surface area contributed by atoms with Crippen LogP contribution < -0.4 is 10.2 Å². The molecule has 6 nitrogen and oxygen atoms in total. The predicted molar refractivity (Wildman–Crippen MR) is 104 cm³/mol. The van der Waals surface area contributed by atoms with Crippen LogP contribution in [0, 0.1) is 0 Å². The fraction of sp³-hybridized carbons (Fsp3) is 0.400. The summed E-state index contributed by atoms with van der Waals surface area (Å²) in [6.45, 7) is 5.71. The molecule has 1 aliphatic heterocycles. The predicted octanol–water partition coefficient (Wildman–Crippen LogP) is 3.78. The fourth-order valence-electron chi connectivity index (χ4n) is 2.96. The van der Waals surface area contributed by atoms with Crippen LogP contribution in [0.4, 0.5) is 19.0 Å². The maximum atomic E-state index is 12.6. The Morgan fingerprint density at radius 3 is 2.62 bits per heavy atom. The Kier molecular flexibility index (Phi) is 6.71. The zero-order valence-electron chi connectivity index (χ0n) is 16.3. The Balaban J connectivity index is 1.72. The van der Waals surface area contributed by atoms with Crippen LogP contribution in [0.25, 0.3) is 0 Å². The highest BCUT2D eigenvalue weighted by Crippen LogP contribution is 2.29. The monoisotopic (exact) mass is 408 g/mol. The van der Waals surface area contributed by atoms with Crippen LogP contribution in [-0.2, 0) is 17.5 Å². The van der Waals surface area contributed by atoms with Crippen molar-refractivity contribution in [2.75, 3.05) is 38.8 Å². The van der Waals surface area contributed by atoms with Crippen molar-refractivity contribution in [2.24, 2.45) is 5.10 Å². The first-order valence-electron chi connectivity index (χ1n) is 9.18. The van der Waals surface area contributed by atoms with E-state index in [1.165, 1.54) is 6.07 Å². The summed E-state index contributed by atoms with van der Waals surface area (Å²) in [5.74, 6) is 1.03. The van der Waals surface area contributed by atoms with Crippen molar-refractivity contribution in [1.29, 1.82) is 0 Å². The largest absolute Gasteiger partial charge is 0.496 e. The summed E-state index contributed by atoms with van der Waals surface area (Å²) in [4.78, 5) is 6.05. The van der Waals surface area contributed by atoms with Gasteiger partial charge in [-0.25, -0.2) is 4.98 Å². The van der Waals surface area contributed by atoms with E-state index in [1.54, 1.807) is 7.11 Å². The number of methoxy groups -OCH3 is 1. The average molecular weight is 408 g/mol. The number of nitrogens with one attached hydrogen (secondary N) is 1. The molecule has 1 fully saturated rings. The van der Waals surface area contributed by atoms with E-state index in [1.807, 2.05) is 25.1 Å². The number of nitrogens with zero attached hydrogens (tertiary/aromatic N) is 3. The zero-order valence-corrected chi connectivity index (χ0v) is 16.3. The van der Waals surface area contributed by atoms with Crippen molar-refractivity contribution < 1.29 is 22.6 Å². The molecule has 2 aromatic rings. The summed E-state index contributed by atoms with van der Waals surface area (Å²) in [7, 11) is 1.64. The number of ether oxygens (including phenoxy) is 2. The molecular formula is C20H23F3N4O2. The number of hydrogen-bond donors (Lipinski definition) is 1. The normalized spacial score (nSPS) is 16.0. The Morgan fingerprint density at radius 1 is 1.24 bits per heavy atom. The van der Waals surface area contributed by atoms with Gasteiger partial charge in [-0.05, 0) is 42.8 Å². The first kappa shape index (κ1) is 21.1.